The highest BCUT2D eigenvalue weighted by molar-refractivity contribution is 7.99. The van der Waals surface area contributed by atoms with Crippen molar-refractivity contribution in [2.75, 3.05) is 5.75 Å². The SMILES string of the molecule is O=C(CC1CSc2nc3c(c(=O)n21)CCC3)NCc1ccccn1. The lowest BCUT2D eigenvalue weighted by Crippen LogP contribution is -2.32. The summed E-state index contributed by atoms with van der Waals surface area (Å²) in [6.45, 7) is 0.406. The van der Waals surface area contributed by atoms with E-state index in [0.29, 0.717) is 13.0 Å². The zero-order valence-electron chi connectivity index (χ0n) is 13.2. The lowest BCUT2D eigenvalue weighted by Gasteiger charge is -2.14. The number of pyridine rings is 1. The minimum absolute atomic E-state index is 0.0556. The van der Waals surface area contributed by atoms with Crippen molar-refractivity contribution in [1.82, 2.24) is 19.9 Å². The van der Waals surface area contributed by atoms with E-state index in [1.54, 1.807) is 22.5 Å². The van der Waals surface area contributed by atoms with Crippen molar-refractivity contribution in [3.8, 4) is 0 Å². The second-order valence-electron chi connectivity index (χ2n) is 6.12. The van der Waals surface area contributed by atoms with Crippen LogP contribution in [0.25, 0.3) is 0 Å². The number of carbonyl (C=O) groups excluding carboxylic acids is 1. The zero-order chi connectivity index (χ0) is 16.5. The number of nitrogens with zero attached hydrogens (tertiary/aromatic N) is 3. The summed E-state index contributed by atoms with van der Waals surface area (Å²) in [5.41, 5.74) is 2.68. The summed E-state index contributed by atoms with van der Waals surface area (Å²) >= 11 is 1.57. The maximum Gasteiger partial charge on any atom is 0.257 e. The smallest absolute Gasteiger partial charge is 0.257 e. The van der Waals surface area contributed by atoms with Gasteiger partial charge in [-0.15, -0.1) is 0 Å². The lowest BCUT2D eigenvalue weighted by atomic mass is 10.2. The fourth-order valence-electron chi connectivity index (χ4n) is 3.28. The number of hydrogen-bond acceptors (Lipinski definition) is 5. The first kappa shape index (κ1) is 15.4. The van der Waals surface area contributed by atoms with E-state index >= 15 is 0 Å². The van der Waals surface area contributed by atoms with Crippen LogP contribution in [0.4, 0.5) is 0 Å². The summed E-state index contributed by atoms with van der Waals surface area (Å²) < 4.78 is 1.73. The molecule has 1 amide bonds. The number of nitrogens with one attached hydrogen (secondary N) is 1. The van der Waals surface area contributed by atoms with Crippen LogP contribution in [0.3, 0.4) is 0 Å². The van der Waals surface area contributed by atoms with Gasteiger partial charge in [0.2, 0.25) is 5.91 Å². The predicted octanol–water partition coefficient (Wildman–Crippen LogP) is 1.48. The van der Waals surface area contributed by atoms with E-state index in [0.717, 1.165) is 47.1 Å². The van der Waals surface area contributed by atoms with Crippen molar-refractivity contribution in [3.05, 3.63) is 51.7 Å². The highest BCUT2D eigenvalue weighted by Gasteiger charge is 2.30. The van der Waals surface area contributed by atoms with Crippen LogP contribution in [0.15, 0.2) is 34.3 Å². The van der Waals surface area contributed by atoms with Crippen molar-refractivity contribution in [2.24, 2.45) is 0 Å². The van der Waals surface area contributed by atoms with Gasteiger partial charge in [0.15, 0.2) is 5.16 Å². The molecule has 24 heavy (non-hydrogen) atoms. The van der Waals surface area contributed by atoms with Crippen molar-refractivity contribution in [3.63, 3.8) is 0 Å². The largest absolute Gasteiger partial charge is 0.350 e. The van der Waals surface area contributed by atoms with Crippen molar-refractivity contribution >= 4 is 17.7 Å². The molecule has 1 atom stereocenters. The third-order valence-electron chi connectivity index (χ3n) is 4.49. The minimum atomic E-state index is -0.111. The van der Waals surface area contributed by atoms with Gasteiger partial charge in [-0.1, -0.05) is 17.8 Å². The van der Waals surface area contributed by atoms with Crippen LogP contribution in [0.1, 0.15) is 35.8 Å². The molecule has 0 spiro atoms. The zero-order valence-corrected chi connectivity index (χ0v) is 14.0. The van der Waals surface area contributed by atoms with Crippen LogP contribution in [-0.4, -0.2) is 26.2 Å². The third kappa shape index (κ3) is 2.84. The van der Waals surface area contributed by atoms with Crippen LogP contribution >= 0.6 is 11.8 Å². The molecule has 0 bridgehead atoms. The normalized spacial score (nSPS) is 18.2. The summed E-state index contributed by atoms with van der Waals surface area (Å²) in [5, 5.41) is 3.65. The molecule has 124 valence electrons. The van der Waals surface area contributed by atoms with Crippen LogP contribution in [0, 0.1) is 0 Å². The monoisotopic (exact) mass is 342 g/mol. The molecule has 0 aromatic carbocycles. The molecule has 1 unspecified atom stereocenters. The van der Waals surface area contributed by atoms with Gasteiger partial charge in [0.25, 0.3) is 5.56 Å². The van der Waals surface area contributed by atoms with Crippen LogP contribution in [0.5, 0.6) is 0 Å². The molecule has 0 saturated heterocycles. The Morgan fingerprint density at radius 1 is 1.38 bits per heavy atom. The van der Waals surface area contributed by atoms with E-state index in [-0.39, 0.29) is 17.5 Å². The van der Waals surface area contributed by atoms with Gasteiger partial charge in [-0.3, -0.25) is 19.1 Å². The Balaban J connectivity index is 1.46. The van der Waals surface area contributed by atoms with Crippen LogP contribution in [-0.2, 0) is 24.2 Å². The number of thioether (sulfide) groups is 1. The first-order chi connectivity index (χ1) is 11.7. The molecule has 2 aliphatic rings. The summed E-state index contributed by atoms with van der Waals surface area (Å²) in [6.07, 6.45) is 4.71. The Morgan fingerprint density at radius 3 is 3.12 bits per heavy atom. The first-order valence-electron chi connectivity index (χ1n) is 8.16. The van der Waals surface area contributed by atoms with Gasteiger partial charge in [-0.25, -0.2) is 4.98 Å². The topological polar surface area (TPSA) is 76.9 Å². The molecule has 0 saturated carbocycles. The quantitative estimate of drug-likeness (QED) is 0.852. The van der Waals surface area contributed by atoms with Crippen molar-refractivity contribution in [1.29, 1.82) is 0 Å². The molecule has 1 aliphatic carbocycles. The average Bonchev–Trinajstić information content (AvgIpc) is 3.22. The number of rotatable bonds is 4. The van der Waals surface area contributed by atoms with Gasteiger partial charge in [-0.2, -0.15) is 0 Å². The number of aryl methyl sites for hydroxylation is 1. The highest BCUT2D eigenvalue weighted by Crippen LogP contribution is 2.33. The fourth-order valence-corrected chi connectivity index (χ4v) is 4.43. The van der Waals surface area contributed by atoms with E-state index in [9.17, 15) is 9.59 Å². The van der Waals surface area contributed by atoms with Gasteiger partial charge in [-0.05, 0) is 31.4 Å². The van der Waals surface area contributed by atoms with Gasteiger partial charge < -0.3 is 5.32 Å². The number of carbonyl (C=O) groups is 1. The standard InChI is InChI=1S/C17H18N4O2S/c22-15(19-9-11-4-1-2-7-18-11)8-12-10-24-17-20-14-6-3-5-13(14)16(23)21(12)17/h1-2,4,7,12H,3,5-6,8-10H2,(H,19,22). The Kier molecular flexibility index (Phi) is 4.10. The van der Waals surface area contributed by atoms with E-state index in [2.05, 4.69) is 15.3 Å². The first-order valence-corrected chi connectivity index (χ1v) is 9.14. The van der Waals surface area contributed by atoms with Gasteiger partial charge in [0.1, 0.15) is 0 Å². The van der Waals surface area contributed by atoms with Crippen LogP contribution < -0.4 is 10.9 Å². The number of aromatic nitrogens is 3. The van der Waals surface area contributed by atoms with E-state index < -0.39 is 0 Å². The Hall–Kier alpha value is -2.15. The lowest BCUT2D eigenvalue weighted by molar-refractivity contribution is -0.121. The van der Waals surface area contributed by atoms with Gasteiger partial charge in [0.05, 0.1) is 24.0 Å². The maximum absolute atomic E-state index is 12.7. The molecular formula is C17H18N4O2S. The third-order valence-corrected chi connectivity index (χ3v) is 5.58. The van der Waals surface area contributed by atoms with Gasteiger partial charge >= 0.3 is 0 Å². The Morgan fingerprint density at radius 2 is 2.29 bits per heavy atom. The Labute approximate surface area is 143 Å². The molecular weight excluding hydrogens is 324 g/mol. The molecule has 3 heterocycles. The van der Waals surface area contributed by atoms with E-state index in [1.165, 1.54) is 0 Å². The van der Waals surface area contributed by atoms with Gasteiger partial charge in [0, 0.05) is 23.9 Å². The molecule has 0 fully saturated rings. The second-order valence-corrected chi connectivity index (χ2v) is 7.10. The Bertz CT molecular complexity index is 834. The molecule has 1 aliphatic heterocycles. The summed E-state index contributed by atoms with van der Waals surface area (Å²) in [6, 6.07) is 5.50. The second kappa shape index (κ2) is 6.39. The van der Waals surface area contributed by atoms with E-state index in [4.69, 9.17) is 0 Å². The summed E-state index contributed by atoms with van der Waals surface area (Å²) in [5.74, 6) is 0.661. The molecule has 2 aromatic heterocycles. The molecule has 0 radical (unpaired) electrons. The summed E-state index contributed by atoms with van der Waals surface area (Å²) in [4.78, 5) is 33.8. The van der Waals surface area contributed by atoms with Crippen molar-refractivity contribution in [2.45, 2.75) is 43.4 Å². The number of fused-ring (bicyclic) bond motifs is 2. The highest BCUT2D eigenvalue weighted by atomic mass is 32.2. The fraction of sp³-hybridized carbons (Fsp3) is 0.412. The maximum atomic E-state index is 12.7. The van der Waals surface area contributed by atoms with Crippen molar-refractivity contribution < 1.29 is 4.79 Å². The number of amides is 1. The molecule has 4 rings (SSSR count). The minimum Gasteiger partial charge on any atom is -0.350 e. The summed E-state index contributed by atoms with van der Waals surface area (Å²) in [7, 11) is 0. The molecule has 7 heteroatoms. The van der Waals surface area contributed by atoms with Crippen LogP contribution in [0.2, 0.25) is 0 Å². The molecule has 2 aromatic rings. The molecule has 1 N–H and O–H groups in total. The average molecular weight is 342 g/mol. The molecule has 6 nitrogen and oxygen atoms in total. The van der Waals surface area contributed by atoms with E-state index in [1.807, 2.05) is 18.2 Å². The predicted molar refractivity (Wildman–Crippen MR) is 91.0 cm³/mol. The number of hydrogen-bond donors (Lipinski definition) is 1.